The smallest absolute Gasteiger partial charge is 0.119 e. The molecule has 0 bridgehead atoms. The summed E-state index contributed by atoms with van der Waals surface area (Å²) in [5.74, 6) is 0.950. The van der Waals surface area contributed by atoms with E-state index in [1.54, 1.807) is 0 Å². The van der Waals surface area contributed by atoms with Gasteiger partial charge >= 0.3 is 0 Å². The molecule has 0 aliphatic carbocycles. The van der Waals surface area contributed by atoms with Crippen LogP contribution in [0.15, 0.2) is 24.3 Å². The fourth-order valence-corrected chi connectivity index (χ4v) is 2.21. The van der Waals surface area contributed by atoms with E-state index in [2.05, 4.69) is 41.4 Å². The maximum Gasteiger partial charge on any atom is 0.119 e. The first-order chi connectivity index (χ1) is 8.16. The van der Waals surface area contributed by atoms with Gasteiger partial charge in [0.15, 0.2) is 0 Å². The summed E-state index contributed by atoms with van der Waals surface area (Å²) in [4.78, 5) is 2.44. The molecule has 1 aromatic carbocycles. The highest BCUT2D eigenvalue weighted by Crippen LogP contribution is 2.22. The standard InChI is InChI=1S/C14H22N2O/c1-11(2)17-14-6-4-13(5-7-14)16-9-8-15-10-12(16)3/h4-7,11-12,15H,8-10H2,1-3H3. The third-order valence-electron chi connectivity index (χ3n) is 3.04. The highest BCUT2D eigenvalue weighted by Gasteiger charge is 2.17. The van der Waals surface area contributed by atoms with Gasteiger partial charge in [-0.2, -0.15) is 0 Å². The van der Waals surface area contributed by atoms with Crippen molar-refractivity contribution in [1.29, 1.82) is 0 Å². The normalized spacial score (nSPS) is 20.7. The van der Waals surface area contributed by atoms with Crippen LogP contribution in [-0.2, 0) is 0 Å². The van der Waals surface area contributed by atoms with Gasteiger partial charge < -0.3 is 15.0 Å². The van der Waals surface area contributed by atoms with Gasteiger partial charge in [0.05, 0.1) is 6.10 Å². The molecule has 2 rings (SSSR count). The summed E-state index contributed by atoms with van der Waals surface area (Å²) < 4.78 is 5.65. The Morgan fingerprint density at radius 1 is 1.29 bits per heavy atom. The van der Waals surface area contributed by atoms with E-state index in [1.807, 2.05) is 13.8 Å². The molecule has 94 valence electrons. The summed E-state index contributed by atoms with van der Waals surface area (Å²) in [7, 11) is 0. The van der Waals surface area contributed by atoms with Crippen molar-refractivity contribution in [2.75, 3.05) is 24.5 Å². The van der Waals surface area contributed by atoms with Gasteiger partial charge in [0.1, 0.15) is 5.75 Å². The van der Waals surface area contributed by atoms with Crippen LogP contribution in [-0.4, -0.2) is 31.8 Å². The van der Waals surface area contributed by atoms with Crippen LogP contribution >= 0.6 is 0 Å². The van der Waals surface area contributed by atoms with Crippen LogP contribution in [0.5, 0.6) is 5.75 Å². The van der Waals surface area contributed by atoms with Crippen molar-refractivity contribution in [1.82, 2.24) is 5.32 Å². The molecule has 1 N–H and O–H groups in total. The summed E-state index contributed by atoms with van der Waals surface area (Å²) >= 11 is 0. The predicted octanol–water partition coefficient (Wildman–Crippen LogP) is 2.27. The fraction of sp³-hybridized carbons (Fsp3) is 0.571. The predicted molar refractivity (Wildman–Crippen MR) is 71.9 cm³/mol. The van der Waals surface area contributed by atoms with Gasteiger partial charge in [0.2, 0.25) is 0 Å². The van der Waals surface area contributed by atoms with Gasteiger partial charge in [-0.3, -0.25) is 0 Å². The van der Waals surface area contributed by atoms with Crippen LogP contribution in [0.2, 0.25) is 0 Å². The van der Waals surface area contributed by atoms with Gasteiger partial charge in [0, 0.05) is 31.4 Å². The number of nitrogens with one attached hydrogen (secondary N) is 1. The Morgan fingerprint density at radius 2 is 2.00 bits per heavy atom. The van der Waals surface area contributed by atoms with Crippen LogP contribution in [0.25, 0.3) is 0 Å². The monoisotopic (exact) mass is 234 g/mol. The Bertz CT molecular complexity index is 348. The van der Waals surface area contributed by atoms with E-state index in [0.29, 0.717) is 6.04 Å². The van der Waals surface area contributed by atoms with Gasteiger partial charge in [-0.15, -0.1) is 0 Å². The zero-order valence-electron chi connectivity index (χ0n) is 10.9. The Hall–Kier alpha value is -1.22. The molecular formula is C14H22N2O. The van der Waals surface area contributed by atoms with Crippen LogP contribution < -0.4 is 15.0 Å². The molecule has 3 nitrogen and oxygen atoms in total. The number of anilines is 1. The molecule has 1 heterocycles. The second-order valence-electron chi connectivity index (χ2n) is 4.91. The minimum atomic E-state index is 0.235. The number of hydrogen-bond acceptors (Lipinski definition) is 3. The van der Waals surface area contributed by atoms with Crippen LogP contribution in [0.4, 0.5) is 5.69 Å². The minimum Gasteiger partial charge on any atom is -0.491 e. The second-order valence-corrected chi connectivity index (χ2v) is 4.91. The molecule has 0 aromatic heterocycles. The molecule has 3 heteroatoms. The average molecular weight is 234 g/mol. The van der Waals surface area contributed by atoms with Gasteiger partial charge in [-0.05, 0) is 45.0 Å². The number of nitrogens with zero attached hydrogens (tertiary/aromatic N) is 1. The van der Waals surface area contributed by atoms with Crippen molar-refractivity contribution in [2.45, 2.75) is 32.9 Å². The topological polar surface area (TPSA) is 24.5 Å². The van der Waals surface area contributed by atoms with Crippen LogP contribution in [0.3, 0.4) is 0 Å². The first-order valence-corrected chi connectivity index (χ1v) is 6.41. The third-order valence-corrected chi connectivity index (χ3v) is 3.04. The van der Waals surface area contributed by atoms with Crippen molar-refractivity contribution in [3.63, 3.8) is 0 Å². The van der Waals surface area contributed by atoms with Gasteiger partial charge in [-0.25, -0.2) is 0 Å². The Kier molecular flexibility index (Phi) is 3.89. The summed E-state index contributed by atoms with van der Waals surface area (Å²) in [6, 6.07) is 8.98. The molecular weight excluding hydrogens is 212 g/mol. The van der Waals surface area contributed by atoms with E-state index in [4.69, 9.17) is 4.74 Å². The Morgan fingerprint density at radius 3 is 2.59 bits per heavy atom. The van der Waals surface area contributed by atoms with E-state index in [9.17, 15) is 0 Å². The van der Waals surface area contributed by atoms with Crippen LogP contribution in [0.1, 0.15) is 20.8 Å². The van der Waals surface area contributed by atoms with Crippen molar-refractivity contribution >= 4 is 5.69 Å². The van der Waals surface area contributed by atoms with E-state index < -0.39 is 0 Å². The number of ether oxygens (including phenoxy) is 1. The van der Waals surface area contributed by atoms with E-state index >= 15 is 0 Å². The molecule has 1 fully saturated rings. The van der Waals surface area contributed by atoms with Crippen molar-refractivity contribution < 1.29 is 4.74 Å². The molecule has 1 aliphatic heterocycles. The maximum absolute atomic E-state index is 5.65. The second kappa shape index (κ2) is 5.41. The molecule has 0 saturated carbocycles. The largest absolute Gasteiger partial charge is 0.491 e. The molecule has 17 heavy (non-hydrogen) atoms. The summed E-state index contributed by atoms with van der Waals surface area (Å²) in [5.41, 5.74) is 1.29. The van der Waals surface area contributed by atoms with E-state index in [1.165, 1.54) is 5.69 Å². The number of benzene rings is 1. The van der Waals surface area contributed by atoms with E-state index in [-0.39, 0.29) is 6.10 Å². The zero-order valence-corrected chi connectivity index (χ0v) is 10.9. The molecule has 0 radical (unpaired) electrons. The molecule has 0 spiro atoms. The Labute approximate surface area is 104 Å². The highest BCUT2D eigenvalue weighted by molar-refractivity contribution is 5.50. The average Bonchev–Trinajstić information content (AvgIpc) is 2.30. The first-order valence-electron chi connectivity index (χ1n) is 6.41. The third kappa shape index (κ3) is 3.13. The SMILES string of the molecule is CC(C)Oc1ccc(N2CCNCC2C)cc1. The van der Waals surface area contributed by atoms with Gasteiger partial charge in [0.25, 0.3) is 0 Å². The molecule has 1 aromatic rings. The molecule has 1 saturated heterocycles. The lowest BCUT2D eigenvalue weighted by atomic mass is 10.2. The summed E-state index contributed by atoms with van der Waals surface area (Å²) in [6.45, 7) is 9.55. The Balaban J connectivity index is 2.06. The maximum atomic E-state index is 5.65. The molecule has 1 unspecified atom stereocenters. The van der Waals surface area contributed by atoms with Crippen molar-refractivity contribution in [3.05, 3.63) is 24.3 Å². The van der Waals surface area contributed by atoms with Crippen molar-refractivity contribution in [2.24, 2.45) is 0 Å². The zero-order chi connectivity index (χ0) is 12.3. The number of rotatable bonds is 3. The van der Waals surface area contributed by atoms with Crippen LogP contribution in [0, 0.1) is 0 Å². The summed E-state index contributed by atoms with van der Waals surface area (Å²) in [5, 5.41) is 3.41. The first kappa shape index (κ1) is 12.2. The number of piperazine rings is 1. The van der Waals surface area contributed by atoms with Gasteiger partial charge in [-0.1, -0.05) is 0 Å². The lowest BCUT2D eigenvalue weighted by Gasteiger charge is -2.36. The van der Waals surface area contributed by atoms with E-state index in [0.717, 1.165) is 25.4 Å². The highest BCUT2D eigenvalue weighted by atomic mass is 16.5. The molecule has 1 atom stereocenters. The lowest BCUT2D eigenvalue weighted by Crippen LogP contribution is -2.49. The fourth-order valence-electron chi connectivity index (χ4n) is 2.21. The quantitative estimate of drug-likeness (QED) is 0.868. The summed E-state index contributed by atoms with van der Waals surface area (Å²) in [6.07, 6.45) is 0.235. The molecule has 0 amide bonds. The minimum absolute atomic E-state index is 0.235. The van der Waals surface area contributed by atoms with Crippen molar-refractivity contribution in [3.8, 4) is 5.75 Å². The lowest BCUT2D eigenvalue weighted by molar-refractivity contribution is 0.242. The molecule has 1 aliphatic rings. The number of hydrogen-bond donors (Lipinski definition) is 1.